The van der Waals surface area contributed by atoms with E-state index in [1.165, 1.54) is 98.1 Å². The van der Waals surface area contributed by atoms with Crippen LogP contribution in [0, 0.1) is 0 Å². The van der Waals surface area contributed by atoms with Crippen LogP contribution in [0.2, 0.25) is 0 Å². The molecule has 4 atom stereocenters. The van der Waals surface area contributed by atoms with Crippen molar-refractivity contribution in [3.8, 4) is 0 Å². The van der Waals surface area contributed by atoms with Crippen molar-refractivity contribution in [2.45, 2.75) is 24.1 Å². The van der Waals surface area contributed by atoms with Crippen LogP contribution in [0.3, 0.4) is 0 Å². The Balaban J connectivity index is 1.44. The van der Waals surface area contributed by atoms with Gasteiger partial charge in [-0.2, -0.15) is 0 Å². The summed E-state index contributed by atoms with van der Waals surface area (Å²) < 4.78 is 27.8. The lowest BCUT2D eigenvalue weighted by Gasteiger charge is -2.29. The Labute approximate surface area is 249 Å². The monoisotopic (exact) mass is 600 g/mol. The van der Waals surface area contributed by atoms with Gasteiger partial charge in [0.05, 0.1) is 22.3 Å². The minimum absolute atomic E-state index is 0.00555. The number of hydrogen-bond acceptors (Lipinski definition) is 14. The lowest BCUT2D eigenvalue weighted by Crippen LogP contribution is -2.51. The molecule has 5 rings (SSSR count). The second-order valence-corrected chi connectivity index (χ2v) is 9.34. The van der Waals surface area contributed by atoms with Crippen LogP contribution < -0.4 is 0 Å². The molecule has 14 nitrogen and oxygen atoms in total. The molecule has 0 aromatic carbocycles. The number of rotatable bonds is 10. The van der Waals surface area contributed by atoms with Crippen LogP contribution in [0.1, 0.15) is 41.4 Å². The molecule has 4 aromatic rings. The molecule has 44 heavy (non-hydrogen) atoms. The van der Waals surface area contributed by atoms with Crippen molar-refractivity contribution in [3.63, 3.8) is 0 Å². The van der Waals surface area contributed by atoms with Gasteiger partial charge in [0.15, 0.2) is 12.2 Å². The van der Waals surface area contributed by atoms with Crippen LogP contribution in [0.25, 0.3) is 0 Å². The van der Waals surface area contributed by atoms with Gasteiger partial charge in [0.1, 0.15) is 19.3 Å². The summed E-state index contributed by atoms with van der Waals surface area (Å²) in [5, 5.41) is 11.7. The third kappa shape index (κ3) is 7.06. The molecule has 1 unspecified atom stereocenters. The Bertz CT molecular complexity index is 1600. The van der Waals surface area contributed by atoms with E-state index in [1.54, 1.807) is 0 Å². The fourth-order valence-corrected chi connectivity index (χ4v) is 4.19. The van der Waals surface area contributed by atoms with Crippen LogP contribution in [0.15, 0.2) is 98.1 Å². The highest BCUT2D eigenvalue weighted by Crippen LogP contribution is 2.36. The first-order valence-corrected chi connectivity index (χ1v) is 13.1. The minimum Gasteiger partial charge on any atom is -0.459 e. The maximum Gasteiger partial charge on any atom is 0.340 e. The normalized spacial score (nSPS) is 20.7. The predicted octanol–water partition coefficient (Wildman–Crippen LogP) is 1.82. The van der Waals surface area contributed by atoms with Gasteiger partial charge in [-0.15, -0.1) is 0 Å². The number of esters is 4. The maximum absolute atomic E-state index is 13.1. The number of aliphatic hydroxyl groups is 1. The van der Waals surface area contributed by atoms with Gasteiger partial charge in [-0.05, 0) is 48.5 Å². The Morgan fingerprint density at radius 3 is 1.55 bits per heavy atom. The van der Waals surface area contributed by atoms with Gasteiger partial charge in [-0.1, -0.05) is 0 Å². The molecule has 4 aromatic heterocycles. The van der Waals surface area contributed by atoms with E-state index in [2.05, 4.69) is 19.9 Å². The fraction of sp³-hybridized carbons (Fsp3) is 0.200. The highest BCUT2D eigenvalue weighted by molar-refractivity contribution is 5.91. The highest BCUT2D eigenvalue weighted by Gasteiger charge is 2.60. The van der Waals surface area contributed by atoms with Crippen molar-refractivity contribution < 1.29 is 48.0 Å². The molecule has 0 spiro atoms. The largest absolute Gasteiger partial charge is 0.459 e. The van der Waals surface area contributed by atoms with E-state index < -0.39 is 61.2 Å². The molecule has 0 radical (unpaired) electrons. The van der Waals surface area contributed by atoms with Crippen LogP contribution in [-0.4, -0.2) is 86.2 Å². The quantitative estimate of drug-likeness (QED) is 0.205. The van der Waals surface area contributed by atoms with E-state index in [4.69, 9.17) is 23.7 Å². The summed E-state index contributed by atoms with van der Waals surface area (Å²) >= 11 is 0. The van der Waals surface area contributed by atoms with Crippen molar-refractivity contribution in [2.24, 2.45) is 0 Å². The first-order chi connectivity index (χ1) is 21.3. The third-order valence-corrected chi connectivity index (χ3v) is 6.32. The van der Waals surface area contributed by atoms with Crippen LogP contribution >= 0.6 is 0 Å². The molecule has 1 N–H and O–H groups in total. The number of nitrogens with zero attached hydrogens (tertiary/aromatic N) is 4. The smallest absolute Gasteiger partial charge is 0.340 e. The molecular formula is C30H24N4O10. The summed E-state index contributed by atoms with van der Waals surface area (Å²) in [6, 6.07) is 11.8. The number of pyridine rings is 4. The fourth-order valence-electron chi connectivity index (χ4n) is 4.19. The maximum atomic E-state index is 13.1. The Morgan fingerprint density at radius 1 is 0.659 bits per heavy atom. The van der Waals surface area contributed by atoms with Gasteiger partial charge in [0, 0.05) is 49.6 Å². The van der Waals surface area contributed by atoms with E-state index in [-0.39, 0.29) is 22.3 Å². The summed E-state index contributed by atoms with van der Waals surface area (Å²) in [6.45, 7) is -1.45. The zero-order valence-corrected chi connectivity index (χ0v) is 22.8. The number of carbonyl (C=O) groups is 4. The molecule has 0 aliphatic carbocycles. The van der Waals surface area contributed by atoms with Gasteiger partial charge in [-0.3, -0.25) is 19.9 Å². The Kier molecular flexibility index (Phi) is 9.22. The van der Waals surface area contributed by atoms with Crippen molar-refractivity contribution in [2.75, 3.05) is 13.2 Å². The second kappa shape index (κ2) is 13.6. The number of carbonyl (C=O) groups excluding carboxylic acids is 4. The van der Waals surface area contributed by atoms with Gasteiger partial charge in [0.25, 0.3) is 0 Å². The lowest BCUT2D eigenvalue weighted by atomic mass is 10.0. The average Bonchev–Trinajstić information content (AvgIpc) is 3.33. The molecule has 0 saturated carbocycles. The molecule has 1 saturated heterocycles. The number of ether oxygens (including phenoxy) is 5. The number of hydrogen-bond donors (Lipinski definition) is 1. The number of aromatic nitrogens is 4. The van der Waals surface area contributed by atoms with E-state index >= 15 is 0 Å². The van der Waals surface area contributed by atoms with Gasteiger partial charge in [0.2, 0.25) is 5.79 Å². The van der Waals surface area contributed by atoms with Crippen molar-refractivity contribution in [3.05, 3.63) is 120 Å². The molecule has 224 valence electrons. The molecule has 1 aliphatic heterocycles. The summed E-state index contributed by atoms with van der Waals surface area (Å²) in [4.78, 5) is 67.1. The van der Waals surface area contributed by atoms with Crippen LogP contribution in [-0.2, 0) is 23.7 Å². The molecule has 0 bridgehead atoms. The van der Waals surface area contributed by atoms with Crippen molar-refractivity contribution in [1.29, 1.82) is 0 Å². The predicted molar refractivity (Wildman–Crippen MR) is 146 cm³/mol. The topological polar surface area (TPSA) is 186 Å². The molecule has 5 heterocycles. The first kappa shape index (κ1) is 29.9. The summed E-state index contributed by atoms with van der Waals surface area (Å²) in [7, 11) is 0. The molecule has 1 aliphatic rings. The molecule has 0 amide bonds. The lowest BCUT2D eigenvalue weighted by molar-refractivity contribution is -0.247. The Morgan fingerprint density at radius 2 is 1.09 bits per heavy atom. The summed E-state index contributed by atoms with van der Waals surface area (Å²) in [5.74, 6) is -6.10. The van der Waals surface area contributed by atoms with Crippen molar-refractivity contribution >= 4 is 23.9 Å². The molecule has 1 fully saturated rings. The third-order valence-electron chi connectivity index (χ3n) is 6.32. The zero-order valence-electron chi connectivity index (χ0n) is 22.8. The van der Waals surface area contributed by atoms with E-state index in [0.29, 0.717) is 0 Å². The van der Waals surface area contributed by atoms with E-state index in [1.807, 2.05) is 0 Å². The van der Waals surface area contributed by atoms with Crippen LogP contribution in [0.5, 0.6) is 0 Å². The molecular weight excluding hydrogens is 576 g/mol. The van der Waals surface area contributed by atoms with Gasteiger partial charge < -0.3 is 28.8 Å². The summed E-state index contributed by atoms with van der Waals surface area (Å²) in [5.41, 5.74) is 0.231. The molecule has 14 heteroatoms. The van der Waals surface area contributed by atoms with E-state index in [9.17, 15) is 24.3 Å². The Hall–Kier alpha value is -5.60. The van der Waals surface area contributed by atoms with Crippen LogP contribution in [0.4, 0.5) is 0 Å². The van der Waals surface area contributed by atoms with E-state index in [0.717, 1.165) is 0 Å². The standard InChI is InChI=1S/C30H24N4O10/c35-26(19-5-1-9-31-13-19)40-17-23-24(42-28(37)21-7-3-11-33-15-21)25(43-29(38)22-8-4-12-34-16-22)30(39,44-23)18-41-27(36)20-6-2-10-32-14-20/h1-16,23-25,39H,17-18H2/t23-,24+,25?,30-/m0/s1. The summed E-state index contributed by atoms with van der Waals surface area (Å²) in [6.07, 6.45) is 6.08. The van der Waals surface area contributed by atoms with Gasteiger partial charge >= 0.3 is 23.9 Å². The SMILES string of the molecule is O=C(OC[C@@H]1O[C@@](O)(COC(=O)c2cccnc2)C(OC(=O)c2cccnc2)[C@@H]1OC(=O)c1cccnc1)c1cccnc1. The average molecular weight is 601 g/mol. The second-order valence-electron chi connectivity index (χ2n) is 9.34. The van der Waals surface area contributed by atoms with Gasteiger partial charge in [-0.25, -0.2) is 19.2 Å². The van der Waals surface area contributed by atoms with Crippen molar-refractivity contribution in [1.82, 2.24) is 19.9 Å². The first-order valence-electron chi connectivity index (χ1n) is 13.1. The minimum atomic E-state index is -2.57. The highest BCUT2D eigenvalue weighted by atomic mass is 16.7. The zero-order chi connectivity index (χ0) is 30.9.